The molecule has 4 aromatic carbocycles. The van der Waals surface area contributed by atoms with Gasteiger partial charge in [0.1, 0.15) is 23.0 Å². The Bertz CT molecular complexity index is 1020. The molecule has 4 N–H and O–H groups in total. The van der Waals surface area contributed by atoms with E-state index in [0.29, 0.717) is 30.5 Å². The molecule has 132 valence electrons. The summed E-state index contributed by atoms with van der Waals surface area (Å²) >= 11 is 6.43. The van der Waals surface area contributed by atoms with Crippen molar-refractivity contribution in [1.29, 1.82) is 0 Å². The van der Waals surface area contributed by atoms with Gasteiger partial charge in [0.2, 0.25) is 0 Å². The molecule has 0 heterocycles. The van der Waals surface area contributed by atoms with Gasteiger partial charge in [-0.1, -0.05) is 24.3 Å². The van der Waals surface area contributed by atoms with Crippen LogP contribution in [0.1, 0.15) is 0 Å². The number of benzene rings is 4. The van der Waals surface area contributed by atoms with E-state index >= 15 is 0 Å². The fourth-order valence-corrected chi connectivity index (χ4v) is 3.29. The van der Waals surface area contributed by atoms with E-state index in [1.807, 2.05) is 0 Å². The quantitative estimate of drug-likeness (QED) is 0.249. The Morgan fingerprint density at radius 2 is 0.846 bits per heavy atom. The lowest BCUT2D eigenvalue weighted by atomic mass is 10.1. The van der Waals surface area contributed by atoms with Crippen LogP contribution < -0.4 is 0 Å². The monoisotopic (exact) mass is 476 g/mol. The summed E-state index contributed by atoms with van der Waals surface area (Å²) in [6.07, 6.45) is 0. The van der Waals surface area contributed by atoms with E-state index in [-0.39, 0.29) is 23.0 Å². The Labute approximate surface area is 166 Å². The summed E-state index contributed by atoms with van der Waals surface area (Å²) < 4.78 is 1.23. The lowest BCUT2D eigenvalue weighted by Crippen LogP contribution is -1.78. The second-order valence-electron chi connectivity index (χ2n) is 5.54. The van der Waals surface area contributed by atoms with Gasteiger partial charge in [-0.3, -0.25) is 0 Å². The van der Waals surface area contributed by atoms with Gasteiger partial charge in [-0.05, 0) is 68.3 Å². The Hall–Kier alpha value is -2.44. The molecule has 0 fully saturated rings. The first kappa shape index (κ1) is 18.4. The molecule has 0 spiro atoms. The first-order valence-corrected chi connectivity index (χ1v) is 9.17. The fraction of sp³-hybridized carbons (Fsp3) is 0. The van der Waals surface area contributed by atoms with Crippen molar-refractivity contribution in [2.75, 3.05) is 0 Å². The zero-order chi connectivity index (χ0) is 18.8. The maximum absolute atomic E-state index is 9.70. The first-order valence-electron chi connectivity index (χ1n) is 7.58. The third kappa shape index (κ3) is 3.43. The van der Waals surface area contributed by atoms with Gasteiger partial charge in [-0.2, -0.15) is 0 Å². The molecule has 4 rings (SSSR count). The molecule has 0 radical (unpaired) electrons. The second kappa shape index (κ2) is 7.43. The molecule has 0 aliphatic rings. The average Bonchev–Trinajstić information content (AvgIpc) is 2.63. The van der Waals surface area contributed by atoms with Crippen LogP contribution in [-0.2, 0) is 0 Å². The van der Waals surface area contributed by atoms with E-state index in [4.69, 9.17) is 0 Å². The summed E-state index contributed by atoms with van der Waals surface area (Å²) in [5.74, 6) is 0.683. The van der Waals surface area contributed by atoms with Gasteiger partial charge < -0.3 is 20.4 Å². The van der Waals surface area contributed by atoms with Gasteiger partial charge in [0, 0.05) is 21.5 Å². The molecule has 26 heavy (non-hydrogen) atoms. The van der Waals surface area contributed by atoms with Crippen molar-refractivity contribution in [2.45, 2.75) is 0 Å². The maximum atomic E-state index is 9.70. The largest absolute Gasteiger partial charge is 0.507 e. The van der Waals surface area contributed by atoms with Gasteiger partial charge >= 0.3 is 0 Å². The van der Waals surface area contributed by atoms with Gasteiger partial charge in [0.05, 0.1) is 8.95 Å². The smallest absolute Gasteiger partial charge is 0.137 e. The van der Waals surface area contributed by atoms with E-state index in [9.17, 15) is 20.4 Å². The summed E-state index contributed by atoms with van der Waals surface area (Å²) in [6, 6.07) is 17.0. The van der Waals surface area contributed by atoms with Crippen molar-refractivity contribution in [3.63, 3.8) is 0 Å². The number of phenols is 4. The number of hydrogen-bond acceptors (Lipinski definition) is 4. The lowest BCUT2D eigenvalue weighted by molar-refractivity contribution is 0.472. The molecule has 6 heteroatoms. The molecular weight excluding hydrogens is 464 g/mol. The Balaban J connectivity index is 0.000000152. The van der Waals surface area contributed by atoms with Gasteiger partial charge in [0.15, 0.2) is 0 Å². The van der Waals surface area contributed by atoms with Crippen LogP contribution in [0.4, 0.5) is 0 Å². The zero-order valence-corrected chi connectivity index (χ0v) is 16.5. The summed E-state index contributed by atoms with van der Waals surface area (Å²) in [7, 11) is 0. The van der Waals surface area contributed by atoms with E-state index < -0.39 is 0 Å². The third-order valence-corrected chi connectivity index (χ3v) is 5.20. The predicted octanol–water partition coefficient (Wildman–Crippen LogP) is 6.03. The highest BCUT2D eigenvalue weighted by Crippen LogP contribution is 2.39. The number of fused-ring (bicyclic) bond motifs is 2. The highest BCUT2D eigenvalue weighted by atomic mass is 79.9. The molecule has 0 saturated heterocycles. The topological polar surface area (TPSA) is 80.9 Å². The predicted molar refractivity (Wildman–Crippen MR) is 110 cm³/mol. The minimum Gasteiger partial charge on any atom is -0.507 e. The highest BCUT2D eigenvalue weighted by Gasteiger charge is 2.09. The van der Waals surface area contributed by atoms with Crippen molar-refractivity contribution >= 4 is 53.4 Å². The summed E-state index contributed by atoms with van der Waals surface area (Å²) in [4.78, 5) is 0. The third-order valence-electron chi connectivity index (χ3n) is 3.92. The standard InChI is InChI=1S/C10H6Br2O2.C10H8O2/c11-7-3-1-5-6(10(7)14)2-4-8(12)9(5)13;11-9-5-1-3-7-8(9)4-2-6-10(7)12/h1-4,13-14H;1-6,11-12H. The minimum absolute atomic E-state index is 0.144. The van der Waals surface area contributed by atoms with Gasteiger partial charge in [0.25, 0.3) is 0 Å². The van der Waals surface area contributed by atoms with Gasteiger partial charge in [-0.15, -0.1) is 0 Å². The highest BCUT2D eigenvalue weighted by molar-refractivity contribution is 9.11. The molecule has 0 aliphatic carbocycles. The minimum atomic E-state index is 0.144. The van der Waals surface area contributed by atoms with Crippen LogP contribution in [0.25, 0.3) is 21.5 Å². The Morgan fingerprint density at radius 3 is 1.23 bits per heavy atom. The molecule has 0 aliphatic heterocycles. The van der Waals surface area contributed by atoms with Crippen LogP contribution in [0.2, 0.25) is 0 Å². The second-order valence-corrected chi connectivity index (χ2v) is 7.25. The molecule has 0 atom stereocenters. The Kier molecular flexibility index (Phi) is 5.25. The molecule has 0 aromatic heterocycles. The molecular formula is C20H14Br2O4. The van der Waals surface area contributed by atoms with Crippen LogP contribution >= 0.6 is 31.9 Å². The van der Waals surface area contributed by atoms with Crippen molar-refractivity contribution in [3.8, 4) is 23.0 Å². The van der Waals surface area contributed by atoms with Crippen molar-refractivity contribution in [2.24, 2.45) is 0 Å². The summed E-state index contributed by atoms with van der Waals surface area (Å²) in [5, 5.41) is 40.8. The summed E-state index contributed by atoms with van der Waals surface area (Å²) in [6.45, 7) is 0. The van der Waals surface area contributed by atoms with E-state index in [1.165, 1.54) is 0 Å². The molecule has 0 unspecified atom stereocenters. The normalized spacial score (nSPS) is 10.5. The summed E-state index contributed by atoms with van der Waals surface area (Å²) in [5.41, 5.74) is 0. The fourth-order valence-electron chi connectivity index (χ4n) is 2.60. The average molecular weight is 478 g/mol. The number of phenolic OH excluding ortho intramolecular Hbond substituents is 4. The van der Waals surface area contributed by atoms with Crippen LogP contribution in [0.3, 0.4) is 0 Å². The molecule has 0 saturated carbocycles. The first-order chi connectivity index (χ1) is 12.4. The van der Waals surface area contributed by atoms with Crippen molar-refractivity contribution in [3.05, 3.63) is 69.6 Å². The van der Waals surface area contributed by atoms with Crippen molar-refractivity contribution in [1.82, 2.24) is 0 Å². The van der Waals surface area contributed by atoms with Crippen LogP contribution in [0.15, 0.2) is 69.6 Å². The van der Waals surface area contributed by atoms with E-state index in [0.717, 1.165) is 0 Å². The van der Waals surface area contributed by atoms with Crippen LogP contribution in [0, 0.1) is 0 Å². The van der Waals surface area contributed by atoms with Crippen LogP contribution in [-0.4, -0.2) is 20.4 Å². The number of hydrogen-bond donors (Lipinski definition) is 4. The number of rotatable bonds is 0. The van der Waals surface area contributed by atoms with Gasteiger partial charge in [-0.25, -0.2) is 0 Å². The van der Waals surface area contributed by atoms with E-state index in [2.05, 4.69) is 31.9 Å². The lowest BCUT2D eigenvalue weighted by Gasteiger charge is -2.06. The molecule has 0 bridgehead atoms. The molecule has 0 amide bonds. The zero-order valence-electron chi connectivity index (χ0n) is 13.3. The Morgan fingerprint density at radius 1 is 0.462 bits per heavy atom. The molecule has 4 aromatic rings. The van der Waals surface area contributed by atoms with Crippen LogP contribution in [0.5, 0.6) is 23.0 Å². The number of aromatic hydroxyl groups is 4. The number of halogens is 2. The SMILES string of the molecule is Oc1c(Br)ccc2c(O)c(Br)ccc12.Oc1cccc2c(O)cccc12. The maximum Gasteiger partial charge on any atom is 0.137 e. The van der Waals surface area contributed by atoms with E-state index in [1.54, 1.807) is 60.7 Å². The molecule has 4 nitrogen and oxygen atoms in total. The van der Waals surface area contributed by atoms with Crippen molar-refractivity contribution < 1.29 is 20.4 Å².